The summed E-state index contributed by atoms with van der Waals surface area (Å²) in [6.07, 6.45) is 6.28. The van der Waals surface area contributed by atoms with Crippen molar-refractivity contribution < 1.29 is 18.9 Å². The monoisotopic (exact) mass is 237 g/mol. The van der Waals surface area contributed by atoms with E-state index in [-0.39, 0.29) is 18.9 Å². The van der Waals surface area contributed by atoms with Gasteiger partial charge in [-0.05, 0) is 25.6 Å². The smallest absolute Gasteiger partial charge is 0.783 e. The summed E-state index contributed by atoms with van der Waals surface area (Å²) < 4.78 is 0. The quantitative estimate of drug-likeness (QED) is 0.534. The van der Waals surface area contributed by atoms with Gasteiger partial charge >= 0.3 is 18.9 Å². The van der Waals surface area contributed by atoms with Crippen molar-refractivity contribution in [1.82, 2.24) is 4.90 Å². The summed E-state index contributed by atoms with van der Waals surface area (Å²) in [5.74, 6) is 0.326. The Balaban J connectivity index is 0.00000144. The first-order chi connectivity index (χ1) is 7.70. The van der Waals surface area contributed by atoms with E-state index in [1.807, 2.05) is 12.1 Å². The van der Waals surface area contributed by atoms with Crippen LogP contribution < -0.4 is 18.9 Å². The maximum Gasteiger partial charge on any atom is 1.00 e. The number of nitrogens with zero attached hydrogens (tertiary/aromatic N) is 1. The first-order valence-corrected chi connectivity index (χ1v) is 5.88. The molecular weight excluding hydrogens is 221 g/mol. The van der Waals surface area contributed by atoms with Crippen molar-refractivity contribution in [3.63, 3.8) is 0 Å². The molecule has 0 saturated heterocycles. The fraction of sp³-hybridized carbons (Fsp3) is 0.286. The summed E-state index contributed by atoms with van der Waals surface area (Å²) in [6, 6.07) is 10.9. The van der Waals surface area contributed by atoms with Crippen molar-refractivity contribution in [3.05, 3.63) is 59.0 Å². The molecule has 0 heterocycles. The Morgan fingerprint density at radius 1 is 1.18 bits per heavy atom. The molecule has 0 N–H and O–H groups in total. The third kappa shape index (κ3) is 3.24. The van der Waals surface area contributed by atoms with Crippen LogP contribution in [0, 0.1) is 5.92 Å². The van der Waals surface area contributed by atoms with E-state index < -0.39 is 0 Å². The van der Waals surface area contributed by atoms with Gasteiger partial charge in [-0.25, -0.2) is 0 Å². The van der Waals surface area contributed by atoms with Gasteiger partial charge in [0, 0.05) is 6.04 Å². The number of rotatable bonds is 3. The van der Waals surface area contributed by atoms with E-state index in [1.165, 1.54) is 5.56 Å². The van der Waals surface area contributed by atoms with Crippen molar-refractivity contribution >= 4 is 12.6 Å². The molecule has 2 rings (SSSR count). The Hall–Kier alpha value is -0.523. The zero-order valence-corrected chi connectivity index (χ0v) is 11.4. The van der Waals surface area contributed by atoms with Gasteiger partial charge in [-0.1, -0.05) is 48.6 Å². The third-order valence-electron chi connectivity index (χ3n) is 2.95. The molecular formula is C14H16LiNS. The van der Waals surface area contributed by atoms with Crippen LogP contribution in [0.1, 0.15) is 11.6 Å². The van der Waals surface area contributed by atoms with Gasteiger partial charge in [0.15, 0.2) is 0 Å². The maximum absolute atomic E-state index is 5.39. The van der Waals surface area contributed by atoms with Gasteiger partial charge in [0.1, 0.15) is 0 Å². The normalized spacial score (nSPS) is 19.9. The molecule has 0 radical (unpaired) electrons. The van der Waals surface area contributed by atoms with Crippen LogP contribution in [-0.2, 0) is 12.6 Å². The molecule has 0 fully saturated rings. The summed E-state index contributed by atoms with van der Waals surface area (Å²) in [7, 11) is 4.21. The van der Waals surface area contributed by atoms with Gasteiger partial charge < -0.3 is 17.5 Å². The van der Waals surface area contributed by atoms with E-state index in [0.717, 1.165) is 4.91 Å². The van der Waals surface area contributed by atoms with Crippen LogP contribution in [0.5, 0.6) is 0 Å². The van der Waals surface area contributed by atoms with Gasteiger partial charge in [0.25, 0.3) is 0 Å². The average molecular weight is 237 g/mol. The predicted octanol–water partition coefficient (Wildman–Crippen LogP) is -0.0899. The molecule has 0 aromatic heterocycles. The molecule has 0 spiro atoms. The minimum atomic E-state index is 0. The molecule has 1 aromatic carbocycles. The van der Waals surface area contributed by atoms with Crippen LogP contribution in [0.25, 0.3) is 0 Å². The molecule has 17 heavy (non-hydrogen) atoms. The number of benzene rings is 1. The molecule has 1 nitrogen and oxygen atoms in total. The molecule has 0 aliphatic heterocycles. The van der Waals surface area contributed by atoms with E-state index in [2.05, 4.69) is 55.4 Å². The fourth-order valence-electron chi connectivity index (χ4n) is 2.21. The first-order valence-electron chi connectivity index (χ1n) is 5.47. The minimum absolute atomic E-state index is 0. The summed E-state index contributed by atoms with van der Waals surface area (Å²) in [4.78, 5) is 3.26. The van der Waals surface area contributed by atoms with Crippen molar-refractivity contribution in [2.75, 3.05) is 14.1 Å². The van der Waals surface area contributed by atoms with Crippen LogP contribution in [0.2, 0.25) is 0 Å². The molecule has 2 atom stereocenters. The average Bonchev–Trinajstić information content (AvgIpc) is 2.66. The van der Waals surface area contributed by atoms with Crippen LogP contribution in [-0.4, -0.2) is 19.0 Å². The molecule has 1 unspecified atom stereocenters. The number of hydrogen-bond donors (Lipinski definition) is 0. The molecule has 0 saturated carbocycles. The Kier molecular flexibility index (Phi) is 5.49. The standard InChI is InChI=1S/C14H17NS.Li/c1-15(2)14(11-7-4-3-5-8-11)12-9-6-10-13(12)16;/h3-10,12,14,16H,1-2H3;/q;+1/p-1/t12?,14-;/m1./s1. The summed E-state index contributed by atoms with van der Waals surface area (Å²) in [6.45, 7) is 0. The van der Waals surface area contributed by atoms with Gasteiger partial charge in [-0.3, -0.25) is 0 Å². The second kappa shape index (κ2) is 6.42. The van der Waals surface area contributed by atoms with Crippen LogP contribution in [0.15, 0.2) is 53.5 Å². The van der Waals surface area contributed by atoms with Gasteiger partial charge in [0.2, 0.25) is 0 Å². The van der Waals surface area contributed by atoms with Gasteiger partial charge in [-0.15, -0.1) is 0 Å². The Morgan fingerprint density at radius 3 is 2.29 bits per heavy atom. The molecule has 0 bridgehead atoms. The van der Waals surface area contributed by atoms with Crippen molar-refractivity contribution in [1.29, 1.82) is 0 Å². The molecule has 0 amide bonds. The van der Waals surface area contributed by atoms with Crippen LogP contribution >= 0.6 is 0 Å². The van der Waals surface area contributed by atoms with Crippen molar-refractivity contribution in [2.45, 2.75) is 6.04 Å². The van der Waals surface area contributed by atoms with Crippen molar-refractivity contribution in [3.8, 4) is 0 Å². The van der Waals surface area contributed by atoms with Crippen LogP contribution in [0.4, 0.5) is 0 Å². The zero-order valence-electron chi connectivity index (χ0n) is 10.6. The van der Waals surface area contributed by atoms with Crippen LogP contribution in [0.3, 0.4) is 0 Å². The van der Waals surface area contributed by atoms with Gasteiger partial charge in [0.05, 0.1) is 0 Å². The number of allylic oxidation sites excluding steroid dienone is 2. The molecule has 84 valence electrons. The Bertz CT molecular complexity index is 411. The van der Waals surface area contributed by atoms with E-state index in [0.29, 0.717) is 12.0 Å². The Labute approximate surface area is 121 Å². The van der Waals surface area contributed by atoms with Crippen molar-refractivity contribution in [2.24, 2.45) is 5.92 Å². The van der Waals surface area contributed by atoms with E-state index in [1.54, 1.807) is 0 Å². The molecule has 3 heteroatoms. The predicted molar refractivity (Wildman–Crippen MR) is 70.9 cm³/mol. The topological polar surface area (TPSA) is 3.24 Å². The Morgan fingerprint density at radius 2 is 1.82 bits per heavy atom. The van der Waals surface area contributed by atoms with Gasteiger partial charge in [-0.2, -0.15) is 4.91 Å². The summed E-state index contributed by atoms with van der Waals surface area (Å²) >= 11 is 5.39. The second-order valence-electron chi connectivity index (χ2n) is 4.30. The summed E-state index contributed by atoms with van der Waals surface area (Å²) in [5, 5.41) is 0. The zero-order chi connectivity index (χ0) is 11.5. The fourth-order valence-corrected chi connectivity index (χ4v) is 2.50. The first kappa shape index (κ1) is 14.5. The minimum Gasteiger partial charge on any atom is -0.783 e. The maximum atomic E-state index is 5.39. The molecule has 1 aromatic rings. The summed E-state index contributed by atoms with van der Waals surface area (Å²) in [5.41, 5.74) is 1.32. The van der Waals surface area contributed by atoms with E-state index >= 15 is 0 Å². The van der Waals surface area contributed by atoms with E-state index in [9.17, 15) is 0 Å². The molecule has 1 aliphatic rings. The van der Waals surface area contributed by atoms with E-state index in [4.69, 9.17) is 12.6 Å². The second-order valence-corrected chi connectivity index (χ2v) is 4.77. The largest absolute Gasteiger partial charge is 1.00 e. The molecule has 1 aliphatic carbocycles. The SMILES string of the molecule is CN(C)[C@H](c1ccccc1)C1C=CC=C1[S-].[Li+]. The third-order valence-corrected chi connectivity index (χ3v) is 3.35. The number of hydrogen-bond acceptors (Lipinski definition) is 2.